The average molecular weight is 287 g/mol. The molecule has 1 unspecified atom stereocenters. The van der Waals surface area contributed by atoms with E-state index in [4.69, 9.17) is 4.74 Å². The Morgan fingerprint density at radius 3 is 3.14 bits per heavy atom. The number of hydrogen-bond donors (Lipinski definition) is 2. The van der Waals surface area contributed by atoms with Gasteiger partial charge in [0.25, 0.3) is 5.91 Å². The predicted molar refractivity (Wildman–Crippen MR) is 81.5 cm³/mol. The minimum absolute atomic E-state index is 0.0104. The Labute approximate surface area is 125 Å². The predicted octanol–water partition coefficient (Wildman–Crippen LogP) is 1.95. The zero-order valence-corrected chi connectivity index (χ0v) is 12.5. The maximum atomic E-state index is 12.1. The van der Waals surface area contributed by atoms with Crippen LogP contribution in [0.5, 0.6) is 0 Å². The molecule has 0 aliphatic carbocycles. The van der Waals surface area contributed by atoms with Gasteiger partial charge in [0.2, 0.25) is 6.35 Å². The van der Waals surface area contributed by atoms with Crippen molar-refractivity contribution < 1.29 is 9.53 Å². The maximum absolute atomic E-state index is 12.1. The topological polar surface area (TPSA) is 53.6 Å². The minimum atomic E-state index is -0.352. The number of hydrogen-bond acceptors (Lipinski definition) is 4. The molecule has 0 aromatic heterocycles. The van der Waals surface area contributed by atoms with E-state index in [-0.39, 0.29) is 12.3 Å². The van der Waals surface area contributed by atoms with E-state index in [0.717, 1.165) is 25.1 Å². The highest BCUT2D eigenvalue weighted by atomic mass is 16.5. The number of anilines is 1. The molecule has 21 heavy (non-hydrogen) atoms. The van der Waals surface area contributed by atoms with E-state index in [9.17, 15) is 4.79 Å². The van der Waals surface area contributed by atoms with Gasteiger partial charge in [-0.15, -0.1) is 0 Å². The van der Waals surface area contributed by atoms with Crippen LogP contribution in [-0.4, -0.2) is 30.3 Å². The second kappa shape index (κ2) is 5.77. The summed E-state index contributed by atoms with van der Waals surface area (Å²) in [6.07, 6.45) is 3.12. The molecule has 5 heteroatoms. The number of aryl methyl sites for hydroxylation is 2. The molecule has 2 heterocycles. The highest BCUT2D eigenvalue weighted by Crippen LogP contribution is 2.20. The minimum Gasteiger partial charge on any atom is -0.342 e. The zero-order chi connectivity index (χ0) is 14.8. The van der Waals surface area contributed by atoms with Crippen LogP contribution in [0.2, 0.25) is 0 Å². The quantitative estimate of drug-likeness (QED) is 0.892. The molecule has 0 bridgehead atoms. The highest BCUT2D eigenvalue weighted by Gasteiger charge is 2.30. The molecule has 0 radical (unpaired) electrons. The number of carbonyl (C=O) groups is 1. The van der Waals surface area contributed by atoms with Gasteiger partial charge in [0.15, 0.2) is 0 Å². The molecule has 2 aliphatic heterocycles. The smallest absolute Gasteiger partial charge is 0.253 e. The van der Waals surface area contributed by atoms with E-state index in [1.807, 2.05) is 6.07 Å². The van der Waals surface area contributed by atoms with Crippen LogP contribution in [0.25, 0.3) is 0 Å². The summed E-state index contributed by atoms with van der Waals surface area (Å²) in [5.41, 5.74) is 3.57. The number of amides is 1. The van der Waals surface area contributed by atoms with Gasteiger partial charge in [-0.1, -0.05) is 13.0 Å². The van der Waals surface area contributed by atoms with Gasteiger partial charge in [-0.3, -0.25) is 9.69 Å². The fraction of sp³-hybridized carbons (Fsp3) is 0.438. The van der Waals surface area contributed by atoms with Gasteiger partial charge in [0.05, 0.1) is 6.61 Å². The zero-order valence-electron chi connectivity index (χ0n) is 12.5. The van der Waals surface area contributed by atoms with Gasteiger partial charge < -0.3 is 15.4 Å². The van der Waals surface area contributed by atoms with Gasteiger partial charge >= 0.3 is 0 Å². The summed E-state index contributed by atoms with van der Waals surface area (Å²) < 4.78 is 5.60. The lowest BCUT2D eigenvalue weighted by molar-refractivity contribution is -0.155. The van der Waals surface area contributed by atoms with Crippen molar-refractivity contribution in [3.8, 4) is 0 Å². The van der Waals surface area contributed by atoms with Crippen molar-refractivity contribution in [3.63, 3.8) is 0 Å². The third kappa shape index (κ3) is 2.88. The van der Waals surface area contributed by atoms with E-state index in [2.05, 4.69) is 36.6 Å². The van der Waals surface area contributed by atoms with Gasteiger partial charge in [0, 0.05) is 18.3 Å². The van der Waals surface area contributed by atoms with Gasteiger partial charge in [0.1, 0.15) is 5.82 Å². The Morgan fingerprint density at radius 2 is 2.33 bits per heavy atom. The highest BCUT2D eigenvalue weighted by molar-refractivity contribution is 5.90. The first kappa shape index (κ1) is 13.9. The van der Waals surface area contributed by atoms with E-state index >= 15 is 0 Å². The van der Waals surface area contributed by atoms with Crippen LogP contribution in [0.1, 0.15) is 24.5 Å². The lowest BCUT2D eigenvalue weighted by atomic mass is 10.1. The Morgan fingerprint density at radius 1 is 1.48 bits per heavy atom. The first-order valence-corrected chi connectivity index (χ1v) is 7.44. The molecular weight excluding hydrogens is 266 g/mol. The van der Waals surface area contributed by atoms with Crippen molar-refractivity contribution in [2.45, 2.75) is 33.0 Å². The van der Waals surface area contributed by atoms with Crippen molar-refractivity contribution >= 4 is 11.6 Å². The van der Waals surface area contributed by atoms with Crippen LogP contribution in [0, 0.1) is 6.92 Å². The van der Waals surface area contributed by atoms with Crippen molar-refractivity contribution in [2.75, 3.05) is 18.5 Å². The average Bonchev–Trinajstić information content (AvgIpc) is 2.49. The van der Waals surface area contributed by atoms with Gasteiger partial charge in [-0.05, 0) is 43.0 Å². The molecule has 2 aliphatic rings. The van der Waals surface area contributed by atoms with Crippen molar-refractivity contribution in [1.29, 1.82) is 0 Å². The lowest BCUT2D eigenvalue weighted by Gasteiger charge is -2.39. The Balaban J connectivity index is 1.77. The van der Waals surface area contributed by atoms with Crippen LogP contribution in [0.3, 0.4) is 0 Å². The summed E-state index contributed by atoms with van der Waals surface area (Å²) in [7, 11) is 0. The summed E-state index contributed by atoms with van der Waals surface area (Å²) in [5.74, 6) is 0.679. The lowest BCUT2D eigenvalue weighted by Crippen LogP contribution is -2.56. The number of nitrogens with zero attached hydrogens (tertiary/aromatic N) is 1. The van der Waals surface area contributed by atoms with Crippen LogP contribution in [-0.2, 0) is 16.0 Å². The molecule has 0 spiro atoms. The van der Waals surface area contributed by atoms with Crippen LogP contribution in [0.4, 0.5) is 5.69 Å². The van der Waals surface area contributed by atoms with Gasteiger partial charge in [-0.2, -0.15) is 0 Å². The number of benzene rings is 1. The molecule has 1 amide bonds. The molecule has 1 aromatic carbocycles. The summed E-state index contributed by atoms with van der Waals surface area (Å²) >= 11 is 0. The fourth-order valence-electron chi connectivity index (χ4n) is 2.72. The molecule has 1 aromatic rings. The van der Waals surface area contributed by atoms with E-state index in [0.29, 0.717) is 12.4 Å². The standard InChI is InChI=1S/C16H21N3O2/c1-3-12-9-13(6-5-11(12)2)17-14-10-15(20)19-7-4-8-21-16(19)18-14/h5-6,9-10,16-18H,3-4,7-8H2,1-2H3. The van der Waals surface area contributed by atoms with Crippen LogP contribution in [0.15, 0.2) is 30.1 Å². The van der Waals surface area contributed by atoms with Gasteiger partial charge in [-0.25, -0.2) is 0 Å². The van der Waals surface area contributed by atoms with E-state index in [1.54, 1.807) is 11.0 Å². The maximum Gasteiger partial charge on any atom is 0.253 e. The summed E-state index contributed by atoms with van der Waals surface area (Å²) in [6, 6.07) is 6.24. The molecule has 1 atom stereocenters. The van der Waals surface area contributed by atoms with E-state index in [1.165, 1.54) is 11.1 Å². The third-order valence-corrected chi connectivity index (χ3v) is 3.94. The number of carbonyl (C=O) groups excluding carboxylic acids is 1. The number of ether oxygens (including phenoxy) is 1. The van der Waals surface area contributed by atoms with Crippen molar-refractivity contribution in [3.05, 3.63) is 41.2 Å². The fourth-order valence-corrected chi connectivity index (χ4v) is 2.72. The number of nitrogens with one attached hydrogen (secondary N) is 2. The second-order valence-electron chi connectivity index (χ2n) is 5.43. The number of fused-ring (bicyclic) bond motifs is 1. The molecular formula is C16H21N3O2. The summed E-state index contributed by atoms with van der Waals surface area (Å²) in [6.45, 7) is 5.67. The summed E-state index contributed by atoms with van der Waals surface area (Å²) in [4.78, 5) is 13.8. The number of rotatable bonds is 3. The molecule has 1 fully saturated rings. The Kier molecular flexibility index (Phi) is 3.84. The van der Waals surface area contributed by atoms with E-state index < -0.39 is 0 Å². The first-order valence-electron chi connectivity index (χ1n) is 7.44. The molecule has 0 saturated carbocycles. The molecule has 3 rings (SSSR count). The molecule has 2 N–H and O–H groups in total. The van der Waals surface area contributed by atoms with Crippen molar-refractivity contribution in [2.24, 2.45) is 0 Å². The van der Waals surface area contributed by atoms with Crippen LogP contribution < -0.4 is 10.6 Å². The monoisotopic (exact) mass is 287 g/mol. The normalized spacial score (nSPS) is 21.4. The largest absolute Gasteiger partial charge is 0.342 e. The SMILES string of the molecule is CCc1cc(NC2=CC(=O)N3CCCOC3N2)ccc1C. The Bertz CT molecular complexity index is 583. The van der Waals surface area contributed by atoms with Crippen LogP contribution >= 0.6 is 0 Å². The summed E-state index contributed by atoms with van der Waals surface area (Å²) in [5, 5.41) is 6.49. The third-order valence-electron chi connectivity index (χ3n) is 3.94. The van der Waals surface area contributed by atoms with Crippen molar-refractivity contribution in [1.82, 2.24) is 10.2 Å². The first-order chi connectivity index (χ1) is 10.2. The Hall–Kier alpha value is -2.01. The molecule has 1 saturated heterocycles. The molecule has 112 valence electrons. The molecule has 5 nitrogen and oxygen atoms in total. The second-order valence-corrected chi connectivity index (χ2v) is 5.43.